The van der Waals surface area contributed by atoms with Crippen molar-refractivity contribution in [3.05, 3.63) is 81.1 Å². The molecule has 0 unspecified atom stereocenters. The normalized spacial score (nSPS) is 15.3. The Hall–Kier alpha value is -3.71. The van der Waals surface area contributed by atoms with Crippen LogP contribution in [0.15, 0.2) is 54.2 Å². The second kappa shape index (κ2) is 10.7. The molecule has 0 amide bonds. The maximum Gasteiger partial charge on any atom is 0.433 e. The number of aromatic nitrogens is 1. The zero-order valence-electron chi connectivity index (χ0n) is 20.3. The van der Waals surface area contributed by atoms with Crippen molar-refractivity contribution >= 4 is 45.2 Å². The van der Waals surface area contributed by atoms with E-state index in [0.29, 0.717) is 38.6 Å². The number of benzene rings is 1. The number of furan rings is 1. The number of carbonyl (C=O) groups excluding carboxylic acids is 1. The van der Waals surface area contributed by atoms with Crippen LogP contribution in [-0.2, 0) is 9.53 Å². The molecule has 1 atom stereocenters. The van der Waals surface area contributed by atoms with Gasteiger partial charge in [0.2, 0.25) is 0 Å². The van der Waals surface area contributed by atoms with Crippen molar-refractivity contribution < 1.29 is 28.3 Å². The number of carbonyl (C=O) groups is 1. The molecule has 0 radical (unpaired) electrons. The van der Waals surface area contributed by atoms with Gasteiger partial charge >= 0.3 is 11.9 Å². The Kier molecular flexibility index (Phi) is 7.64. The van der Waals surface area contributed by atoms with Crippen LogP contribution in [0.2, 0.25) is 0 Å². The molecule has 1 aromatic carbocycles. The minimum Gasteiger partial charge on any atom is -0.493 e. The number of methoxy groups -OCH3 is 1. The summed E-state index contributed by atoms with van der Waals surface area (Å²) >= 11 is 4.64. The third-order valence-corrected chi connectivity index (χ3v) is 7.13. The molecule has 1 aliphatic rings. The lowest BCUT2D eigenvalue weighted by atomic mass is 9.95. The van der Waals surface area contributed by atoms with Gasteiger partial charge in [-0.25, -0.2) is 9.79 Å². The lowest BCUT2D eigenvalue weighted by Crippen LogP contribution is -2.40. The molecule has 37 heavy (non-hydrogen) atoms. The molecule has 11 nitrogen and oxygen atoms in total. The summed E-state index contributed by atoms with van der Waals surface area (Å²) in [5.74, 6) is -0.000253. The van der Waals surface area contributed by atoms with E-state index in [-0.39, 0.29) is 22.5 Å². The highest BCUT2D eigenvalue weighted by atomic mass is 79.9. The average Bonchev–Trinajstić information content (AvgIpc) is 3.44. The molecular weight excluding hydrogens is 570 g/mol. The van der Waals surface area contributed by atoms with E-state index in [1.54, 1.807) is 26.0 Å². The smallest absolute Gasteiger partial charge is 0.433 e. The Bertz CT molecular complexity index is 1600. The molecule has 194 valence electrons. The molecule has 13 heteroatoms. The van der Waals surface area contributed by atoms with E-state index in [2.05, 4.69) is 20.9 Å². The van der Waals surface area contributed by atoms with Crippen LogP contribution >= 0.6 is 27.3 Å². The number of fused-ring (bicyclic) bond motifs is 1. The molecule has 2 aromatic heterocycles. The topological polar surface area (TPSA) is 135 Å². The summed E-state index contributed by atoms with van der Waals surface area (Å²) in [6.45, 7) is 5.76. The number of allylic oxidation sites excluding steroid dienone is 1. The van der Waals surface area contributed by atoms with Crippen LogP contribution in [0.3, 0.4) is 0 Å². The van der Waals surface area contributed by atoms with E-state index < -0.39 is 28.4 Å². The molecule has 4 rings (SSSR count). The zero-order chi connectivity index (χ0) is 26.9. The summed E-state index contributed by atoms with van der Waals surface area (Å²) in [4.78, 5) is 41.9. The largest absolute Gasteiger partial charge is 0.493 e. The number of nitrogens with zero attached hydrogens (tertiary/aromatic N) is 3. The van der Waals surface area contributed by atoms with Crippen molar-refractivity contribution in [2.45, 2.75) is 26.8 Å². The number of ether oxygens (including phenoxy) is 3. The van der Waals surface area contributed by atoms with Crippen molar-refractivity contribution in [2.24, 2.45) is 4.99 Å². The van der Waals surface area contributed by atoms with Gasteiger partial charge in [-0.2, -0.15) is 0 Å². The van der Waals surface area contributed by atoms with Gasteiger partial charge in [0.05, 0.1) is 48.2 Å². The molecular formula is C24H22BrN3O8S. The van der Waals surface area contributed by atoms with E-state index in [0.717, 1.165) is 11.3 Å². The second-order valence-electron chi connectivity index (χ2n) is 7.69. The summed E-state index contributed by atoms with van der Waals surface area (Å²) in [5, 5.41) is 11.0. The van der Waals surface area contributed by atoms with Gasteiger partial charge in [-0.05, 0) is 44.5 Å². The van der Waals surface area contributed by atoms with Crippen molar-refractivity contribution in [3.8, 4) is 11.5 Å². The first-order valence-corrected chi connectivity index (χ1v) is 12.7. The molecule has 0 fully saturated rings. The van der Waals surface area contributed by atoms with E-state index >= 15 is 0 Å². The molecule has 0 bridgehead atoms. The van der Waals surface area contributed by atoms with E-state index in [1.165, 1.54) is 29.9 Å². The Morgan fingerprint density at radius 3 is 2.68 bits per heavy atom. The summed E-state index contributed by atoms with van der Waals surface area (Å²) in [5.41, 5.74) is 0.687. The van der Waals surface area contributed by atoms with Gasteiger partial charge in [-0.1, -0.05) is 27.3 Å². The SMILES string of the molecule is CCOC(=O)C1=C(C)N=c2s/c(=C/c3ccc([N+](=O)[O-])o3)c(=O)n2[C@H]1c1cc(OC)c(OCC)cc1Br. The highest BCUT2D eigenvalue weighted by Crippen LogP contribution is 2.41. The van der Waals surface area contributed by atoms with Gasteiger partial charge < -0.3 is 18.6 Å². The van der Waals surface area contributed by atoms with Crippen LogP contribution in [0, 0.1) is 10.1 Å². The van der Waals surface area contributed by atoms with Crippen molar-refractivity contribution in [2.75, 3.05) is 20.3 Å². The number of thiazole rings is 1. The first-order chi connectivity index (χ1) is 17.7. The first-order valence-electron chi connectivity index (χ1n) is 11.1. The lowest BCUT2D eigenvalue weighted by molar-refractivity contribution is -0.402. The quantitative estimate of drug-likeness (QED) is 0.221. The second-order valence-corrected chi connectivity index (χ2v) is 9.56. The predicted octanol–water partition coefficient (Wildman–Crippen LogP) is 3.47. The summed E-state index contributed by atoms with van der Waals surface area (Å²) < 4.78 is 23.9. The number of hydrogen-bond donors (Lipinski definition) is 0. The fourth-order valence-corrected chi connectivity index (χ4v) is 5.49. The molecule has 0 spiro atoms. The van der Waals surface area contributed by atoms with Crippen molar-refractivity contribution in [3.63, 3.8) is 0 Å². The third kappa shape index (κ3) is 4.96. The fourth-order valence-electron chi connectivity index (χ4n) is 3.92. The van der Waals surface area contributed by atoms with Gasteiger partial charge in [-0.15, -0.1) is 0 Å². The van der Waals surface area contributed by atoms with Crippen LogP contribution in [0.1, 0.15) is 38.1 Å². The summed E-state index contributed by atoms with van der Waals surface area (Å²) in [6, 6.07) is 5.12. The Labute approximate surface area is 222 Å². The number of halogens is 1. The molecule has 1 aliphatic heterocycles. The third-order valence-electron chi connectivity index (χ3n) is 5.46. The maximum atomic E-state index is 13.7. The Morgan fingerprint density at radius 2 is 2.05 bits per heavy atom. The zero-order valence-corrected chi connectivity index (χ0v) is 22.7. The minimum absolute atomic E-state index is 0.137. The van der Waals surface area contributed by atoms with E-state index in [1.807, 2.05) is 6.92 Å². The molecule has 3 heterocycles. The number of hydrogen-bond acceptors (Lipinski definition) is 10. The monoisotopic (exact) mass is 591 g/mol. The van der Waals surface area contributed by atoms with Crippen LogP contribution in [-0.4, -0.2) is 35.8 Å². The molecule has 0 saturated carbocycles. The molecule has 3 aromatic rings. The van der Waals surface area contributed by atoms with Gasteiger partial charge in [0.25, 0.3) is 5.56 Å². The molecule has 0 saturated heterocycles. The van der Waals surface area contributed by atoms with Crippen molar-refractivity contribution in [1.82, 2.24) is 4.57 Å². The van der Waals surface area contributed by atoms with E-state index in [4.69, 9.17) is 18.6 Å². The van der Waals surface area contributed by atoms with E-state index in [9.17, 15) is 19.7 Å². The highest BCUT2D eigenvalue weighted by Gasteiger charge is 2.35. The minimum atomic E-state index is -0.901. The summed E-state index contributed by atoms with van der Waals surface area (Å²) in [7, 11) is 1.50. The van der Waals surface area contributed by atoms with Gasteiger partial charge in [0, 0.05) is 10.5 Å². The van der Waals surface area contributed by atoms with Crippen LogP contribution < -0.4 is 24.4 Å². The average molecular weight is 592 g/mol. The predicted molar refractivity (Wildman–Crippen MR) is 138 cm³/mol. The van der Waals surface area contributed by atoms with Gasteiger partial charge in [-0.3, -0.25) is 19.5 Å². The summed E-state index contributed by atoms with van der Waals surface area (Å²) in [6.07, 6.45) is 1.41. The van der Waals surface area contributed by atoms with Crippen LogP contribution in [0.25, 0.3) is 6.08 Å². The van der Waals surface area contributed by atoms with Crippen molar-refractivity contribution in [1.29, 1.82) is 0 Å². The van der Waals surface area contributed by atoms with Gasteiger partial charge in [0.15, 0.2) is 16.3 Å². The Balaban J connectivity index is 1.98. The highest BCUT2D eigenvalue weighted by molar-refractivity contribution is 9.10. The van der Waals surface area contributed by atoms with Crippen LogP contribution in [0.4, 0.5) is 5.88 Å². The lowest BCUT2D eigenvalue weighted by Gasteiger charge is -2.26. The fraction of sp³-hybridized carbons (Fsp3) is 0.292. The molecule has 0 N–H and O–H groups in total. The molecule has 0 aliphatic carbocycles. The maximum absolute atomic E-state index is 13.7. The van der Waals surface area contributed by atoms with Gasteiger partial charge in [0.1, 0.15) is 10.7 Å². The number of rotatable bonds is 8. The number of esters is 1. The van der Waals surface area contributed by atoms with Crippen LogP contribution in [0.5, 0.6) is 11.5 Å². The standard InChI is InChI=1S/C24H22BrN3O8S/c1-5-34-17-11-15(25)14(10-16(17)33-4)21-20(23(30)35-6-2)12(3)26-24-27(21)22(29)18(37-24)9-13-7-8-19(36-13)28(31)32/h7-11,21H,5-6H2,1-4H3/b18-9+/t21-/m0/s1. The number of nitro groups is 1. The first kappa shape index (κ1) is 26.4. The Morgan fingerprint density at radius 1 is 1.30 bits per heavy atom.